The second-order valence-electron chi connectivity index (χ2n) is 4.04. The van der Waals surface area contributed by atoms with Gasteiger partial charge in [-0.2, -0.15) is 0 Å². The summed E-state index contributed by atoms with van der Waals surface area (Å²) in [5.74, 6) is -0.714. The molecule has 1 heterocycles. The minimum atomic E-state index is -3.76. The van der Waals surface area contributed by atoms with Gasteiger partial charge in [0.05, 0.1) is 12.1 Å². The van der Waals surface area contributed by atoms with Crippen LogP contribution in [0.3, 0.4) is 0 Å². The first-order valence-corrected chi connectivity index (χ1v) is 7.05. The minimum Gasteiger partial charge on any atom is -0.464 e. The van der Waals surface area contributed by atoms with Crippen molar-refractivity contribution in [3.8, 4) is 0 Å². The van der Waals surface area contributed by atoms with Gasteiger partial charge in [-0.15, -0.1) is 0 Å². The van der Waals surface area contributed by atoms with E-state index < -0.39 is 16.0 Å². The topological polar surface area (TPSA) is 88.3 Å². The van der Waals surface area contributed by atoms with Crippen LogP contribution >= 0.6 is 11.6 Å². The number of aryl methyl sites for hydroxylation is 1. The Hall–Kier alpha value is -1.05. The number of methoxy groups -OCH3 is 1. The van der Waals surface area contributed by atoms with Crippen molar-refractivity contribution in [1.82, 2.24) is 9.71 Å². The number of aromatic nitrogens is 1. The number of nitrogens with one attached hydrogen (secondary N) is 2. The Labute approximate surface area is 111 Å². The number of hydrogen-bond acceptors (Lipinski definition) is 4. The molecule has 0 spiro atoms. The fourth-order valence-electron chi connectivity index (χ4n) is 1.51. The highest BCUT2D eigenvalue weighted by molar-refractivity contribution is 7.89. The second-order valence-corrected chi connectivity index (χ2v) is 6.06. The number of sulfonamides is 1. The molecule has 0 atom stereocenters. The number of ether oxygens (including phenoxy) is 1. The molecule has 0 saturated carbocycles. The normalized spacial score (nSPS) is 11.9. The van der Waals surface area contributed by atoms with E-state index in [0.29, 0.717) is 0 Å². The molecule has 102 valence electrons. The van der Waals surface area contributed by atoms with Crippen LogP contribution < -0.4 is 4.72 Å². The van der Waals surface area contributed by atoms with Gasteiger partial charge in [0, 0.05) is 11.7 Å². The summed E-state index contributed by atoms with van der Waals surface area (Å²) < 4.78 is 31.0. The maximum absolute atomic E-state index is 12.0. The van der Waals surface area contributed by atoms with Gasteiger partial charge in [0.15, 0.2) is 0 Å². The highest BCUT2D eigenvalue weighted by atomic mass is 35.5. The van der Waals surface area contributed by atoms with E-state index in [4.69, 9.17) is 11.6 Å². The molecule has 0 saturated heterocycles. The molecule has 0 bridgehead atoms. The standard InChI is InChI=1S/C10H15ClN2O4S/c1-5(2)13-18(15,16)9-6(3)12-8(7(9)11)10(14)17-4/h5,12-13H,1-4H3. The van der Waals surface area contributed by atoms with Gasteiger partial charge < -0.3 is 9.72 Å². The van der Waals surface area contributed by atoms with Crippen LogP contribution in [0, 0.1) is 6.92 Å². The molecule has 0 aliphatic rings. The zero-order valence-corrected chi connectivity index (χ0v) is 12.1. The number of halogens is 1. The zero-order chi connectivity index (χ0) is 14.1. The molecule has 18 heavy (non-hydrogen) atoms. The van der Waals surface area contributed by atoms with Gasteiger partial charge in [0.25, 0.3) is 0 Å². The number of aromatic amines is 1. The van der Waals surface area contributed by atoms with Crippen molar-refractivity contribution in [2.75, 3.05) is 7.11 Å². The van der Waals surface area contributed by atoms with Crippen molar-refractivity contribution < 1.29 is 17.9 Å². The number of esters is 1. The molecule has 1 aromatic rings. The summed E-state index contributed by atoms with van der Waals surface area (Å²) in [5, 5.41) is -0.160. The summed E-state index contributed by atoms with van der Waals surface area (Å²) in [6.07, 6.45) is 0. The van der Waals surface area contributed by atoms with Crippen LogP contribution in [-0.2, 0) is 14.8 Å². The average Bonchev–Trinajstić information content (AvgIpc) is 2.51. The van der Waals surface area contributed by atoms with E-state index in [9.17, 15) is 13.2 Å². The Bertz CT molecular complexity index is 563. The molecule has 1 rings (SSSR count). The van der Waals surface area contributed by atoms with Gasteiger partial charge in [0.2, 0.25) is 10.0 Å². The predicted molar refractivity (Wildman–Crippen MR) is 67.3 cm³/mol. The lowest BCUT2D eigenvalue weighted by Gasteiger charge is -2.09. The van der Waals surface area contributed by atoms with E-state index in [1.165, 1.54) is 14.0 Å². The van der Waals surface area contributed by atoms with Crippen molar-refractivity contribution in [1.29, 1.82) is 0 Å². The van der Waals surface area contributed by atoms with E-state index in [0.717, 1.165) is 0 Å². The largest absolute Gasteiger partial charge is 0.464 e. The molecule has 0 amide bonds. The van der Waals surface area contributed by atoms with Crippen molar-refractivity contribution in [3.63, 3.8) is 0 Å². The third kappa shape index (κ3) is 2.85. The summed E-state index contributed by atoms with van der Waals surface area (Å²) in [4.78, 5) is 13.9. The van der Waals surface area contributed by atoms with Crippen LogP contribution in [0.25, 0.3) is 0 Å². The van der Waals surface area contributed by atoms with Crippen LogP contribution in [0.15, 0.2) is 4.90 Å². The van der Waals surface area contributed by atoms with Gasteiger partial charge in [-0.3, -0.25) is 0 Å². The first-order chi connectivity index (χ1) is 8.20. The molecule has 0 radical (unpaired) electrons. The number of carbonyl (C=O) groups excluding carboxylic acids is 1. The maximum Gasteiger partial charge on any atom is 0.356 e. The fraction of sp³-hybridized carbons (Fsp3) is 0.500. The third-order valence-corrected chi connectivity index (χ3v) is 4.44. The molecule has 8 heteroatoms. The summed E-state index contributed by atoms with van der Waals surface area (Å²) in [6, 6.07) is -0.276. The summed E-state index contributed by atoms with van der Waals surface area (Å²) >= 11 is 5.92. The Morgan fingerprint density at radius 2 is 2.00 bits per heavy atom. The van der Waals surface area contributed by atoms with Crippen LogP contribution in [-0.4, -0.2) is 32.5 Å². The maximum atomic E-state index is 12.0. The highest BCUT2D eigenvalue weighted by Gasteiger charge is 2.28. The Kier molecular flexibility index (Phi) is 4.41. The van der Waals surface area contributed by atoms with E-state index in [2.05, 4.69) is 14.4 Å². The third-order valence-electron chi connectivity index (χ3n) is 2.12. The zero-order valence-electron chi connectivity index (χ0n) is 10.5. The predicted octanol–water partition coefficient (Wildman–Crippen LogP) is 1.45. The molecule has 0 unspecified atom stereocenters. The van der Waals surface area contributed by atoms with Crippen molar-refractivity contribution >= 4 is 27.6 Å². The Morgan fingerprint density at radius 1 is 1.44 bits per heavy atom. The Balaban J connectivity index is 3.35. The van der Waals surface area contributed by atoms with E-state index in [1.54, 1.807) is 13.8 Å². The fourth-order valence-corrected chi connectivity index (χ4v) is 3.61. The number of carbonyl (C=O) groups is 1. The molecule has 6 nitrogen and oxygen atoms in total. The van der Waals surface area contributed by atoms with Gasteiger partial charge in [-0.1, -0.05) is 11.6 Å². The number of rotatable bonds is 4. The van der Waals surface area contributed by atoms with Crippen LogP contribution in [0.1, 0.15) is 30.0 Å². The quantitative estimate of drug-likeness (QED) is 0.823. The van der Waals surface area contributed by atoms with Gasteiger partial charge in [-0.25, -0.2) is 17.9 Å². The summed E-state index contributed by atoms with van der Waals surface area (Å²) in [6.45, 7) is 4.90. The second kappa shape index (κ2) is 5.29. The minimum absolute atomic E-state index is 0.0687. The average molecular weight is 295 g/mol. The molecule has 1 aromatic heterocycles. The van der Waals surface area contributed by atoms with Crippen LogP contribution in [0.4, 0.5) is 0 Å². The van der Waals surface area contributed by atoms with Gasteiger partial charge in [0.1, 0.15) is 10.6 Å². The molecule has 0 aliphatic carbocycles. The molecule has 0 aliphatic heterocycles. The van der Waals surface area contributed by atoms with E-state index in [-0.39, 0.29) is 27.3 Å². The molecule has 0 aromatic carbocycles. The summed E-state index contributed by atoms with van der Waals surface area (Å²) in [7, 11) is -2.57. The van der Waals surface area contributed by atoms with E-state index in [1.807, 2.05) is 0 Å². The van der Waals surface area contributed by atoms with Crippen molar-refractivity contribution in [2.24, 2.45) is 0 Å². The van der Waals surface area contributed by atoms with Crippen LogP contribution in [0.5, 0.6) is 0 Å². The van der Waals surface area contributed by atoms with Crippen molar-refractivity contribution in [2.45, 2.75) is 31.7 Å². The van der Waals surface area contributed by atoms with Gasteiger partial charge >= 0.3 is 5.97 Å². The van der Waals surface area contributed by atoms with E-state index >= 15 is 0 Å². The van der Waals surface area contributed by atoms with Gasteiger partial charge in [-0.05, 0) is 20.8 Å². The van der Waals surface area contributed by atoms with Crippen molar-refractivity contribution in [3.05, 3.63) is 16.4 Å². The molecular weight excluding hydrogens is 280 g/mol. The molecule has 2 N–H and O–H groups in total. The monoisotopic (exact) mass is 294 g/mol. The lowest BCUT2D eigenvalue weighted by molar-refractivity contribution is 0.0595. The molecular formula is C10H15ClN2O4S. The van der Waals surface area contributed by atoms with Crippen LogP contribution in [0.2, 0.25) is 5.02 Å². The Morgan fingerprint density at radius 3 is 2.44 bits per heavy atom. The number of hydrogen-bond donors (Lipinski definition) is 2. The number of H-pyrrole nitrogens is 1. The first-order valence-electron chi connectivity index (χ1n) is 5.19. The lowest BCUT2D eigenvalue weighted by Crippen LogP contribution is -2.30. The SMILES string of the molecule is COC(=O)c1[nH]c(C)c(S(=O)(=O)NC(C)C)c1Cl. The lowest BCUT2D eigenvalue weighted by atomic mass is 10.4. The first kappa shape index (κ1) is 15.0. The smallest absolute Gasteiger partial charge is 0.356 e. The highest BCUT2D eigenvalue weighted by Crippen LogP contribution is 2.29. The summed E-state index contributed by atoms with van der Waals surface area (Å²) in [5.41, 5.74) is 0.217. The molecule has 0 fully saturated rings.